The summed E-state index contributed by atoms with van der Waals surface area (Å²) in [5, 5.41) is 19.6. The van der Waals surface area contributed by atoms with Crippen LogP contribution in [0.15, 0.2) is 50.5 Å². The molecule has 1 saturated heterocycles. The van der Waals surface area contributed by atoms with E-state index < -0.39 is 5.76 Å². The van der Waals surface area contributed by atoms with Crippen molar-refractivity contribution in [2.24, 2.45) is 5.41 Å². The first kappa shape index (κ1) is 24.3. The highest BCUT2D eigenvalue weighted by Crippen LogP contribution is 2.34. The lowest BCUT2D eigenvalue weighted by molar-refractivity contribution is 0.279. The third-order valence-electron chi connectivity index (χ3n) is 7.03. The van der Waals surface area contributed by atoms with E-state index in [1.165, 1.54) is 4.40 Å². The molecule has 0 radical (unpaired) electrons. The first-order valence-electron chi connectivity index (χ1n) is 12.3. The molecule has 0 bridgehead atoms. The zero-order valence-electron chi connectivity index (χ0n) is 21.3. The van der Waals surface area contributed by atoms with Gasteiger partial charge in [-0.2, -0.15) is 5.26 Å². The van der Waals surface area contributed by atoms with E-state index in [9.17, 15) is 14.9 Å². The number of nitrogens with one attached hydrogen (secondary N) is 2. The van der Waals surface area contributed by atoms with Gasteiger partial charge in [-0.25, -0.2) is 14.9 Å². The van der Waals surface area contributed by atoms with E-state index in [0.717, 1.165) is 37.1 Å². The Kier molecular flexibility index (Phi) is 6.07. The van der Waals surface area contributed by atoms with Crippen LogP contribution in [0.1, 0.15) is 56.3 Å². The minimum Gasteiger partial charge on any atom is -0.388 e. The largest absolute Gasteiger partial charge is 0.434 e. The molecule has 0 aliphatic carbocycles. The van der Waals surface area contributed by atoms with E-state index in [2.05, 4.69) is 40.3 Å². The van der Waals surface area contributed by atoms with Gasteiger partial charge in [-0.3, -0.25) is 9.20 Å². The summed E-state index contributed by atoms with van der Waals surface area (Å²) < 4.78 is 6.64. The molecule has 190 valence electrons. The Morgan fingerprint density at radius 2 is 1.95 bits per heavy atom. The maximum Gasteiger partial charge on any atom is 0.434 e. The number of aromatic amines is 1. The van der Waals surface area contributed by atoms with E-state index in [1.807, 2.05) is 38.1 Å². The summed E-state index contributed by atoms with van der Waals surface area (Å²) >= 11 is 0. The molecule has 0 spiro atoms. The first-order valence-corrected chi connectivity index (χ1v) is 12.3. The molecule has 2 N–H and O–H groups in total. The fourth-order valence-electron chi connectivity index (χ4n) is 4.82. The zero-order valence-corrected chi connectivity index (χ0v) is 21.3. The SMILES string of the molecule is Cc1cc([C@@H](C)Nc2ccccc2-c2n[nH]c(=O)o2)c2nc(N3CCC(C)(C)CC3)c(C#N)c(=O)n2c1. The van der Waals surface area contributed by atoms with Crippen molar-refractivity contribution in [3.63, 3.8) is 0 Å². The predicted molar refractivity (Wildman–Crippen MR) is 141 cm³/mol. The van der Waals surface area contributed by atoms with Crippen molar-refractivity contribution in [3.05, 3.63) is 74.1 Å². The van der Waals surface area contributed by atoms with Gasteiger partial charge in [-0.05, 0) is 55.9 Å². The van der Waals surface area contributed by atoms with Crippen molar-refractivity contribution < 1.29 is 4.42 Å². The number of hydrogen-bond acceptors (Lipinski definition) is 8. The van der Waals surface area contributed by atoms with Crippen LogP contribution in [0.25, 0.3) is 17.1 Å². The minimum atomic E-state index is -0.631. The second kappa shape index (κ2) is 9.24. The van der Waals surface area contributed by atoms with Crippen molar-refractivity contribution in [1.82, 2.24) is 19.6 Å². The van der Waals surface area contributed by atoms with Crippen LogP contribution in [-0.2, 0) is 0 Å². The fourth-order valence-corrected chi connectivity index (χ4v) is 4.82. The van der Waals surface area contributed by atoms with Crippen molar-refractivity contribution in [3.8, 4) is 17.5 Å². The Balaban J connectivity index is 1.60. The Bertz CT molecular complexity index is 1630. The number of rotatable bonds is 5. The van der Waals surface area contributed by atoms with Gasteiger partial charge in [0.15, 0.2) is 11.4 Å². The molecule has 1 fully saturated rings. The summed E-state index contributed by atoms with van der Waals surface area (Å²) in [4.78, 5) is 32.0. The average Bonchev–Trinajstić information content (AvgIpc) is 3.30. The highest BCUT2D eigenvalue weighted by molar-refractivity contribution is 5.73. The number of aryl methyl sites for hydroxylation is 1. The Hall–Kier alpha value is -4.39. The molecule has 10 nitrogen and oxygen atoms in total. The molecule has 10 heteroatoms. The minimum absolute atomic E-state index is 0.0632. The van der Waals surface area contributed by atoms with Crippen LogP contribution < -0.4 is 21.5 Å². The third-order valence-corrected chi connectivity index (χ3v) is 7.03. The van der Waals surface area contributed by atoms with Gasteiger partial charge in [0.2, 0.25) is 0 Å². The lowest BCUT2D eigenvalue weighted by Crippen LogP contribution is -2.39. The number of aromatic nitrogens is 4. The summed E-state index contributed by atoms with van der Waals surface area (Å²) in [5.74, 6) is -0.00949. The van der Waals surface area contributed by atoms with E-state index in [-0.39, 0.29) is 28.5 Å². The fraction of sp³-hybridized carbons (Fsp3) is 0.370. The van der Waals surface area contributed by atoms with Crippen molar-refractivity contribution in [2.45, 2.75) is 46.6 Å². The molecule has 1 atom stereocenters. The molecule has 0 amide bonds. The number of benzene rings is 1. The van der Waals surface area contributed by atoms with Gasteiger partial charge in [-0.1, -0.05) is 26.0 Å². The summed E-state index contributed by atoms with van der Waals surface area (Å²) in [5.41, 5.74) is 3.41. The smallest absolute Gasteiger partial charge is 0.388 e. The van der Waals surface area contributed by atoms with Gasteiger partial charge in [0.1, 0.15) is 11.7 Å². The number of fused-ring (bicyclic) bond motifs is 1. The monoisotopic (exact) mass is 499 g/mol. The van der Waals surface area contributed by atoms with Crippen LogP contribution in [0.2, 0.25) is 0 Å². The average molecular weight is 500 g/mol. The van der Waals surface area contributed by atoms with Gasteiger partial charge >= 0.3 is 5.76 Å². The van der Waals surface area contributed by atoms with E-state index in [1.54, 1.807) is 12.3 Å². The maximum absolute atomic E-state index is 13.5. The molecule has 1 aromatic carbocycles. The van der Waals surface area contributed by atoms with Gasteiger partial charge in [0, 0.05) is 30.5 Å². The van der Waals surface area contributed by atoms with Crippen LogP contribution in [0, 0.1) is 23.7 Å². The molecular formula is C27H29N7O3. The second-order valence-corrected chi connectivity index (χ2v) is 10.4. The van der Waals surface area contributed by atoms with Crippen molar-refractivity contribution in [1.29, 1.82) is 5.26 Å². The number of hydrogen-bond donors (Lipinski definition) is 2. The van der Waals surface area contributed by atoms with E-state index in [4.69, 9.17) is 9.40 Å². The normalized spacial score (nSPS) is 15.9. The number of piperidine rings is 1. The van der Waals surface area contributed by atoms with E-state index in [0.29, 0.717) is 22.7 Å². The van der Waals surface area contributed by atoms with Gasteiger partial charge < -0.3 is 14.6 Å². The van der Waals surface area contributed by atoms with Gasteiger partial charge in [-0.15, -0.1) is 5.10 Å². The molecule has 3 aromatic heterocycles. The van der Waals surface area contributed by atoms with Crippen LogP contribution in [-0.4, -0.2) is 32.7 Å². The molecule has 1 aliphatic heterocycles. The van der Waals surface area contributed by atoms with Gasteiger partial charge in [0.05, 0.1) is 11.6 Å². The highest BCUT2D eigenvalue weighted by atomic mass is 16.4. The molecule has 5 rings (SSSR count). The van der Waals surface area contributed by atoms with Gasteiger partial charge in [0.25, 0.3) is 11.4 Å². The zero-order chi connectivity index (χ0) is 26.3. The first-order chi connectivity index (χ1) is 17.7. The number of nitrogens with zero attached hydrogens (tertiary/aromatic N) is 5. The number of anilines is 2. The summed E-state index contributed by atoms with van der Waals surface area (Å²) in [6, 6.07) is 11.2. The third kappa shape index (κ3) is 4.60. The standard InChI is InChI=1S/C27H29N7O3/c1-16-13-19(17(2)29-21-8-6-5-7-18(21)24-31-32-26(36)37-24)23-30-22(20(14-28)25(35)34(23)15-16)33-11-9-27(3,4)10-12-33/h5-8,13,15,17,29H,9-12H2,1-4H3,(H,32,36)/t17-/m1/s1. The lowest BCUT2D eigenvalue weighted by atomic mass is 9.82. The van der Waals surface area contributed by atoms with E-state index >= 15 is 0 Å². The topological polar surface area (TPSA) is 132 Å². The molecule has 4 aromatic rings. The number of pyridine rings is 1. The van der Waals surface area contributed by atoms with Crippen LogP contribution >= 0.6 is 0 Å². The lowest BCUT2D eigenvalue weighted by Gasteiger charge is -2.37. The molecule has 37 heavy (non-hydrogen) atoms. The molecule has 0 unspecified atom stereocenters. The molecule has 4 heterocycles. The highest BCUT2D eigenvalue weighted by Gasteiger charge is 2.29. The summed E-state index contributed by atoms with van der Waals surface area (Å²) in [6.07, 6.45) is 3.63. The number of para-hydroxylation sites is 1. The second-order valence-electron chi connectivity index (χ2n) is 10.4. The molecule has 1 aliphatic rings. The summed E-state index contributed by atoms with van der Waals surface area (Å²) in [7, 11) is 0. The Labute approximate surface area is 213 Å². The summed E-state index contributed by atoms with van der Waals surface area (Å²) in [6.45, 7) is 9.82. The molecule has 0 saturated carbocycles. The van der Waals surface area contributed by atoms with Crippen LogP contribution in [0.4, 0.5) is 11.5 Å². The van der Waals surface area contributed by atoms with Crippen LogP contribution in [0.5, 0.6) is 0 Å². The number of H-pyrrole nitrogens is 1. The quantitative estimate of drug-likeness (QED) is 0.421. The van der Waals surface area contributed by atoms with Crippen LogP contribution in [0.3, 0.4) is 0 Å². The molecular weight excluding hydrogens is 470 g/mol. The Morgan fingerprint density at radius 3 is 2.62 bits per heavy atom. The van der Waals surface area contributed by atoms with Crippen molar-refractivity contribution >= 4 is 17.2 Å². The Morgan fingerprint density at radius 1 is 1.22 bits per heavy atom. The number of nitriles is 1. The predicted octanol–water partition coefficient (Wildman–Crippen LogP) is 4.02. The maximum atomic E-state index is 13.5. The van der Waals surface area contributed by atoms with Crippen molar-refractivity contribution in [2.75, 3.05) is 23.3 Å².